The number of piperazine rings is 1. The Morgan fingerprint density at radius 1 is 0.917 bits per heavy atom. The van der Waals surface area contributed by atoms with Crippen LogP contribution in [-0.4, -0.2) is 106 Å². The van der Waals surface area contributed by atoms with E-state index >= 15 is 0 Å². The average Bonchev–Trinajstić information content (AvgIpc) is 3.10. The zero-order valence-electron chi connectivity index (χ0n) is 28.9. The molecule has 254 valence electrons. The van der Waals surface area contributed by atoms with Crippen LogP contribution in [-0.2, 0) is 9.53 Å². The van der Waals surface area contributed by atoms with Crippen molar-refractivity contribution in [1.82, 2.24) is 14.7 Å². The minimum absolute atomic E-state index is 0.0214. The molecule has 0 spiro atoms. The first kappa shape index (κ1) is 33.7. The van der Waals surface area contributed by atoms with E-state index in [-0.39, 0.29) is 17.8 Å². The van der Waals surface area contributed by atoms with Crippen LogP contribution in [0, 0.1) is 5.92 Å². The van der Waals surface area contributed by atoms with Crippen LogP contribution in [0.3, 0.4) is 0 Å². The first-order valence-electron chi connectivity index (χ1n) is 17.5. The molecule has 2 saturated heterocycles. The number of nitrogens with zero attached hydrogens (tertiary/aromatic N) is 5. The molecule has 2 fully saturated rings. The average molecular weight is 652 g/mol. The van der Waals surface area contributed by atoms with E-state index in [2.05, 4.69) is 66.1 Å². The molecule has 0 radical (unpaired) electrons. The number of hydrogen-bond acceptors (Lipinski definition) is 8. The third-order valence-electron chi connectivity index (χ3n) is 9.77. The number of rotatable bonds is 10. The fourth-order valence-electron chi connectivity index (χ4n) is 7.00. The molecule has 48 heavy (non-hydrogen) atoms. The van der Waals surface area contributed by atoms with Gasteiger partial charge in [0, 0.05) is 85.7 Å². The van der Waals surface area contributed by atoms with E-state index in [1.54, 1.807) is 0 Å². The van der Waals surface area contributed by atoms with Crippen molar-refractivity contribution in [2.45, 2.75) is 33.1 Å². The van der Waals surface area contributed by atoms with Crippen molar-refractivity contribution in [2.75, 3.05) is 84.5 Å². The fraction of sp³-hybridized carbons (Fsp3) is 0.462. The standard InChI is InChI=1S/C39H49N5O4/c1-5-18-41(3)21-17-40-29-11-13-33-35(26-29)48-36-27-30(43-24-22-42(4)23-25-43)12-14-34(36)37(33)31-9-7-8-10-32(31)38(45)44-19-15-28(16-20-44)39(46)47-6-2/h7-14,26-28H,5-6,15-25H2,1-4H3. The number of piperidine rings is 1. The van der Waals surface area contributed by atoms with Gasteiger partial charge in [-0.3, -0.25) is 14.6 Å². The van der Waals surface area contributed by atoms with Gasteiger partial charge in [-0.25, -0.2) is 0 Å². The highest BCUT2D eigenvalue weighted by Gasteiger charge is 2.30. The van der Waals surface area contributed by atoms with Crippen molar-refractivity contribution >= 4 is 28.5 Å². The van der Waals surface area contributed by atoms with Crippen LogP contribution >= 0.6 is 0 Å². The monoisotopic (exact) mass is 651 g/mol. The third kappa shape index (κ3) is 7.42. The molecule has 3 aliphatic heterocycles. The molecule has 1 aliphatic carbocycles. The predicted octanol–water partition coefficient (Wildman–Crippen LogP) is 5.61. The minimum Gasteiger partial charge on any atom is -0.466 e. The number of benzene rings is 3. The van der Waals surface area contributed by atoms with Gasteiger partial charge in [0.15, 0.2) is 0 Å². The van der Waals surface area contributed by atoms with Crippen molar-refractivity contribution in [3.8, 4) is 22.5 Å². The summed E-state index contributed by atoms with van der Waals surface area (Å²) in [7, 11) is 4.30. The Morgan fingerprint density at radius 2 is 1.69 bits per heavy atom. The van der Waals surface area contributed by atoms with E-state index in [4.69, 9.17) is 14.1 Å². The molecular weight excluding hydrogens is 602 g/mol. The maximum atomic E-state index is 14.2. The van der Waals surface area contributed by atoms with Gasteiger partial charge >= 0.3 is 5.97 Å². The molecule has 2 aromatic carbocycles. The summed E-state index contributed by atoms with van der Waals surface area (Å²) in [6.07, 6.45) is 2.34. The van der Waals surface area contributed by atoms with Crippen molar-refractivity contribution < 1.29 is 18.7 Å². The van der Waals surface area contributed by atoms with Crippen LogP contribution in [0.2, 0.25) is 0 Å². The molecule has 1 amide bonds. The lowest BCUT2D eigenvalue weighted by Crippen LogP contribution is -2.44. The molecule has 9 nitrogen and oxygen atoms in total. The second-order valence-electron chi connectivity index (χ2n) is 13.2. The quantitative estimate of drug-likeness (QED) is 0.163. The lowest BCUT2D eigenvalue weighted by molar-refractivity contribution is -0.149. The lowest BCUT2D eigenvalue weighted by atomic mass is 9.89. The van der Waals surface area contributed by atoms with Gasteiger partial charge in [-0.2, -0.15) is 0 Å². The molecule has 0 bridgehead atoms. The summed E-state index contributed by atoms with van der Waals surface area (Å²) >= 11 is 0. The van der Waals surface area contributed by atoms with Gasteiger partial charge in [0.05, 0.1) is 24.4 Å². The number of likely N-dealkylation sites (N-methyl/N-ethyl adjacent to an activating group) is 2. The number of ether oxygens (including phenoxy) is 1. The van der Waals surface area contributed by atoms with E-state index in [9.17, 15) is 9.59 Å². The summed E-state index contributed by atoms with van der Waals surface area (Å²) in [4.78, 5) is 40.4. The number of carbonyl (C=O) groups excluding carboxylic acids is 2. The maximum Gasteiger partial charge on any atom is 0.309 e. The molecule has 0 atom stereocenters. The largest absolute Gasteiger partial charge is 0.466 e. The number of carbonyl (C=O) groups is 2. The Kier molecular flexibility index (Phi) is 10.8. The van der Waals surface area contributed by atoms with Crippen molar-refractivity contribution in [3.63, 3.8) is 0 Å². The van der Waals surface area contributed by atoms with Crippen LogP contribution in [0.5, 0.6) is 0 Å². The summed E-state index contributed by atoms with van der Waals surface area (Å²) in [5.41, 5.74) is 5.37. The van der Waals surface area contributed by atoms with Gasteiger partial charge in [0.1, 0.15) is 11.3 Å². The number of anilines is 1. The second-order valence-corrected chi connectivity index (χ2v) is 13.2. The Labute approximate surface area is 284 Å². The summed E-state index contributed by atoms with van der Waals surface area (Å²) in [6, 6.07) is 20.5. The molecule has 0 aromatic heterocycles. The number of likely N-dealkylation sites (tertiary alicyclic amines) is 1. The zero-order chi connectivity index (χ0) is 33.6. The zero-order valence-corrected chi connectivity index (χ0v) is 28.9. The smallest absolute Gasteiger partial charge is 0.309 e. The summed E-state index contributed by atoms with van der Waals surface area (Å²) in [5.74, 6) is 0.403. The van der Waals surface area contributed by atoms with Gasteiger partial charge in [0.2, 0.25) is 0 Å². The first-order valence-corrected chi connectivity index (χ1v) is 17.5. The van der Waals surface area contributed by atoms with Gasteiger partial charge in [-0.1, -0.05) is 25.1 Å². The number of esters is 1. The van der Waals surface area contributed by atoms with Gasteiger partial charge in [-0.15, -0.1) is 0 Å². The van der Waals surface area contributed by atoms with Gasteiger partial charge < -0.3 is 28.8 Å². The lowest BCUT2D eigenvalue weighted by Gasteiger charge is -2.34. The number of hydrogen-bond donors (Lipinski definition) is 0. The maximum absolute atomic E-state index is 14.2. The predicted molar refractivity (Wildman–Crippen MR) is 191 cm³/mol. The molecule has 0 saturated carbocycles. The van der Waals surface area contributed by atoms with E-state index < -0.39 is 0 Å². The molecule has 3 heterocycles. The highest BCUT2D eigenvalue weighted by Crippen LogP contribution is 2.42. The summed E-state index contributed by atoms with van der Waals surface area (Å²) in [5, 5.41) is 1.85. The topological polar surface area (TPSA) is 81.8 Å². The fourth-order valence-corrected chi connectivity index (χ4v) is 7.00. The minimum atomic E-state index is -0.161. The van der Waals surface area contributed by atoms with Crippen LogP contribution in [0.1, 0.15) is 43.5 Å². The van der Waals surface area contributed by atoms with Crippen LogP contribution in [0.4, 0.5) is 5.69 Å². The van der Waals surface area contributed by atoms with Crippen molar-refractivity contribution in [3.05, 3.63) is 71.6 Å². The Hall–Kier alpha value is -4.21. The Balaban J connectivity index is 1.41. The molecular formula is C39H49N5O4. The Bertz CT molecular complexity index is 1770. The Morgan fingerprint density at radius 3 is 2.44 bits per heavy atom. The molecule has 2 aromatic rings. The van der Waals surface area contributed by atoms with Crippen LogP contribution in [0.15, 0.2) is 70.1 Å². The molecule has 4 aliphatic rings. The van der Waals surface area contributed by atoms with E-state index in [0.29, 0.717) is 44.6 Å². The molecule has 0 N–H and O–H groups in total. The normalized spacial score (nSPS) is 16.7. The van der Waals surface area contributed by atoms with Crippen molar-refractivity contribution in [2.24, 2.45) is 10.9 Å². The second kappa shape index (κ2) is 15.3. The highest BCUT2D eigenvalue weighted by atomic mass is 16.5. The summed E-state index contributed by atoms with van der Waals surface area (Å²) < 4.78 is 11.9. The van der Waals surface area contributed by atoms with Crippen LogP contribution < -0.4 is 10.3 Å². The SMILES string of the molecule is CCCN(C)CCN=c1ccc2c(-c3ccccc3C(=O)N3CCC(C(=O)OCC)CC3)c3ccc(N4CCN(C)CC4)cc3oc-2c1. The summed E-state index contributed by atoms with van der Waals surface area (Å²) in [6.45, 7) is 12.0. The molecule has 6 rings (SSSR count). The third-order valence-corrected chi connectivity index (χ3v) is 9.77. The van der Waals surface area contributed by atoms with E-state index in [1.807, 2.05) is 42.2 Å². The molecule has 9 heteroatoms. The van der Waals surface area contributed by atoms with E-state index in [1.165, 1.54) is 0 Å². The number of fused-ring (bicyclic) bond motifs is 2. The number of amides is 1. The van der Waals surface area contributed by atoms with Gasteiger partial charge in [-0.05, 0) is 82.7 Å². The van der Waals surface area contributed by atoms with Gasteiger partial charge in [0.25, 0.3) is 5.91 Å². The highest BCUT2D eigenvalue weighted by molar-refractivity contribution is 6.09. The van der Waals surface area contributed by atoms with Crippen molar-refractivity contribution in [1.29, 1.82) is 0 Å². The van der Waals surface area contributed by atoms with E-state index in [0.717, 1.165) is 90.2 Å². The van der Waals surface area contributed by atoms with Crippen LogP contribution in [0.25, 0.3) is 33.4 Å². The molecule has 0 unspecified atom stereocenters. The first-order chi connectivity index (χ1) is 23.4.